The van der Waals surface area contributed by atoms with Crippen LogP contribution in [0.3, 0.4) is 0 Å². The van der Waals surface area contributed by atoms with Gasteiger partial charge in [0.2, 0.25) is 0 Å². The van der Waals surface area contributed by atoms with Crippen molar-refractivity contribution in [3.63, 3.8) is 0 Å². The second-order valence-corrected chi connectivity index (χ2v) is 38.6. The van der Waals surface area contributed by atoms with E-state index in [1.54, 1.807) is 13.8 Å². The van der Waals surface area contributed by atoms with Gasteiger partial charge in [0.15, 0.2) is 0 Å². The van der Waals surface area contributed by atoms with Crippen molar-refractivity contribution >= 4 is 11.9 Å². The van der Waals surface area contributed by atoms with Gasteiger partial charge in [-0.1, -0.05) is 475 Å². The van der Waals surface area contributed by atoms with Crippen molar-refractivity contribution in [3.8, 4) is 23.0 Å². The second-order valence-electron chi connectivity index (χ2n) is 38.6. The summed E-state index contributed by atoms with van der Waals surface area (Å²) in [5, 5.41) is 21.7. The molecule has 1 aliphatic carbocycles. The van der Waals surface area contributed by atoms with Crippen LogP contribution in [-0.4, -0.2) is 75.0 Å². The normalized spacial score (nSPS) is 12.0. The lowest BCUT2D eigenvalue weighted by Crippen LogP contribution is -2.16. The van der Waals surface area contributed by atoms with Gasteiger partial charge in [0.1, 0.15) is 62.6 Å². The molecule has 1 aliphatic rings. The summed E-state index contributed by atoms with van der Waals surface area (Å²) in [4.78, 5) is 26.3. The number of esters is 2. The highest BCUT2D eigenvalue weighted by Gasteiger charge is 2.26. The van der Waals surface area contributed by atoms with E-state index in [2.05, 4.69) is 89.4 Å². The summed E-state index contributed by atoms with van der Waals surface area (Å²) in [6.07, 6.45) is 90.0. The van der Waals surface area contributed by atoms with Crippen LogP contribution in [0.25, 0.3) is 0 Å². The quantitative estimate of drug-likeness (QED) is 0.0220. The van der Waals surface area contributed by atoms with Gasteiger partial charge in [0.05, 0.1) is 13.2 Å². The van der Waals surface area contributed by atoms with E-state index in [9.17, 15) is 19.8 Å². The standard InChI is InChI=1S/C116H192O10/c1-9-13-17-21-25-29-33-37-41-45-49-53-57-61-65-69-73-99-85-103-93-104-86-100(74-70-66-62-58-54-50-46-42-38-34-30-26-22-18-14-10-2)88-106(112(104)122-80-78-118)95-108-90-102(76-72-68-64-60-56-52-48-44-40-36-32-28-24-20-16-12-4)92-110(114(108)124-82-84-126-116(120)98(7)8)96-109-91-101(75-71-67-63-59-55-51-47-43-39-35-31-27-23-19-15-11-3)89-107(94-105(87-99)111(103)121-79-77-117)113(109)123-81-83-125-115(119)97(5)6/h85-92,117-118H,5,7,9-84,93-96H2,1-4,6,8H3. The van der Waals surface area contributed by atoms with Gasteiger partial charge in [-0.15, -0.1) is 0 Å². The van der Waals surface area contributed by atoms with Gasteiger partial charge >= 0.3 is 11.9 Å². The van der Waals surface area contributed by atoms with E-state index in [-0.39, 0.29) is 52.9 Å². The van der Waals surface area contributed by atoms with Crippen molar-refractivity contribution in [1.29, 1.82) is 0 Å². The summed E-state index contributed by atoms with van der Waals surface area (Å²) in [7, 11) is 0. The predicted octanol–water partition coefficient (Wildman–Crippen LogP) is 33.3. The maximum atomic E-state index is 13.2. The molecule has 126 heavy (non-hydrogen) atoms. The Kier molecular flexibility index (Phi) is 66.9. The maximum absolute atomic E-state index is 13.2. The zero-order chi connectivity index (χ0) is 90.0. The van der Waals surface area contributed by atoms with E-state index >= 15 is 0 Å². The molecule has 0 unspecified atom stereocenters. The number of benzene rings is 4. The summed E-state index contributed by atoms with van der Waals surface area (Å²) in [6, 6.07) is 19.2. The van der Waals surface area contributed by atoms with E-state index in [0.717, 1.165) is 132 Å². The monoisotopic (exact) mass is 1750 g/mol. The fourth-order valence-electron chi connectivity index (χ4n) is 19.1. The molecule has 4 aromatic carbocycles. The minimum atomic E-state index is -0.444. The molecule has 0 fully saturated rings. The van der Waals surface area contributed by atoms with Crippen molar-refractivity contribution in [2.75, 3.05) is 52.9 Å². The van der Waals surface area contributed by atoms with Gasteiger partial charge in [0.25, 0.3) is 0 Å². The van der Waals surface area contributed by atoms with Crippen LogP contribution in [0.5, 0.6) is 23.0 Å². The van der Waals surface area contributed by atoms with Crippen LogP contribution >= 0.6 is 0 Å². The summed E-state index contributed by atoms with van der Waals surface area (Å²) in [5.74, 6) is 2.19. The highest BCUT2D eigenvalue weighted by Crippen LogP contribution is 2.43. The third-order valence-corrected chi connectivity index (χ3v) is 26.5. The lowest BCUT2D eigenvalue weighted by Gasteiger charge is -2.25. The number of hydrogen-bond acceptors (Lipinski definition) is 10. The molecule has 8 bridgehead atoms. The summed E-state index contributed by atoms with van der Waals surface area (Å²) in [5.41, 5.74) is 14.0. The van der Waals surface area contributed by atoms with Crippen molar-refractivity contribution in [2.24, 2.45) is 0 Å². The van der Waals surface area contributed by atoms with Crippen molar-refractivity contribution in [1.82, 2.24) is 0 Å². The Balaban J connectivity index is 1.63. The number of aryl methyl sites for hydroxylation is 4. The molecule has 0 saturated carbocycles. The Morgan fingerprint density at radius 1 is 0.230 bits per heavy atom. The van der Waals surface area contributed by atoms with Gasteiger partial charge in [-0.05, 0) is 132 Å². The maximum Gasteiger partial charge on any atom is 0.333 e. The first-order chi connectivity index (χ1) is 61.9. The fraction of sp³-hybridized carbons (Fsp3) is 0.741. The van der Waals surface area contributed by atoms with Gasteiger partial charge in [-0.3, -0.25) is 0 Å². The number of hydrogen-bond donors (Lipinski definition) is 2. The lowest BCUT2D eigenvalue weighted by molar-refractivity contribution is -0.140. The number of aliphatic hydroxyl groups is 2. The van der Waals surface area contributed by atoms with Crippen LogP contribution < -0.4 is 18.9 Å². The van der Waals surface area contributed by atoms with Gasteiger partial charge in [0, 0.05) is 36.8 Å². The molecule has 0 spiro atoms. The third-order valence-electron chi connectivity index (χ3n) is 26.5. The molecule has 0 amide bonds. The Labute approximate surface area is 774 Å². The van der Waals surface area contributed by atoms with E-state index in [4.69, 9.17) is 28.4 Å². The van der Waals surface area contributed by atoms with Crippen molar-refractivity contribution in [3.05, 3.63) is 140 Å². The molecule has 0 aliphatic heterocycles. The number of carbonyl (C=O) groups excluding carboxylic acids is 2. The van der Waals surface area contributed by atoms with Crippen LogP contribution in [0, 0.1) is 0 Å². The van der Waals surface area contributed by atoms with E-state index < -0.39 is 11.9 Å². The summed E-state index contributed by atoms with van der Waals surface area (Å²) in [6.45, 7) is 20.7. The van der Waals surface area contributed by atoms with Crippen LogP contribution in [0.15, 0.2) is 72.8 Å². The topological polar surface area (TPSA) is 130 Å². The molecular weight excluding hydrogens is 1550 g/mol. The first-order valence-corrected chi connectivity index (χ1v) is 53.9. The molecule has 10 heteroatoms. The third kappa shape index (κ3) is 52.5. The average Bonchev–Trinajstić information content (AvgIpc) is 0.772. The molecule has 2 N–H and O–H groups in total. The highest BCUT2D eigenvalue weighted by atomic mass is 16.6. The fourth-order valence-corrected chi connectivity index (χ4v) is 19.1. The molecule has 5 rings (SSSR count). The first kappa shape index (κ1) is 111. The Morgan fingerprint density at radius 3 is 0.516 bits per heavy atom. The van der Waals surface area contributed by atoms with Crippen LogP contribution in [0.1, 0.15) is 519 Å². The minimum absolute atomic E-state index is 0.0470. The van der Waals surface area contributed by atoms with Crippen LogP contribution in [0.2, 0.25) is 0 Å². The summed E-state index contributed by atoms with van der Waals surface area (Å²) < 4.78 is 40.2. The smallest absolute Gasteiger partial charge is 0.333 e. The average molecular weight is 1750 g/mol. The molecule has 0 heterocycles. The van der Waals surface area contributed by atoms with Gasteiger partial charge in [-0.25, -0.2) is 9.59 Å². The molecular formula is C116H192O10. The van der Waals surface area contributed by atoms with Gasteiger partial charge < -0.3 is 38.6 Å². The number of fused-ring (bicyclic) bond motifs is 8. The molecule has 0 atom stereocenters. The largest absolute Gasteiger partial charge is 0.491 e. The molecule has 0 aromatic heterocycles. The van der Waals surface area contributed by atoms with E-state index in [1.165, 1.54) is 395 Å². The Bertz CT molecular complexity index is 3180. The van der Waals surface area contributed by atoms with Crippen molar-refractivity contribution in [2.45, 2.75) is 504 Å². The first-order valence-electron chi connectivity index (χ1n) is 53.9. The van der Waals surface area contributed by atoms with E-state index in [0.29, 0.717) is 36.8 Å². The molecule has 10 nitrogen and oxygen atoms in total. The molecule has 0 radical (unpaired) electrons. The Morgan fingerprint density at radius 2 is 0.373 bits per heavy atom. The Hall–Kier alpha value is -5.58. The zero-order valence-corrected chi connectivity index (χ0v) is 82.8. The van der Waals surface area contributed by atoms with Crippen LogP contribution in [-0.2, 0) is 70.4 Å². The number of aliphatic hydroxyl groups excluding tert-OH is 2. The number of unbranched alkanes of at least 4 members (excludes halogenated alkanes) is 60. The molecule has 716 valence electrons. The lowest BCUT2D eigenvalue weighted by atomic mass is 9.86. The van der Waals surface area contributed by atoms with Crippen LogP contribution in [0.4, 0.5) is 0 Å². The zero-order valence-electron chi connectivity index (χ0n) is 82.8. The number of ether oxygens (including phenoxy) is 6. The highest BCUT2D eigenvalue weighted by molar-refractivity contribution is 5.87. The van der Waals surface area contributed by atoms with Crippen molar-refractivity contribution < 1.29 is 48.2 Å². The SMILES string of the molecule is C=C(C)C(=O)OCCOc1c2cc(CCCCCCCCCCCCCCCCCC)cc1Cc1cc(CCCCCCCCCCCCCCCCCC)cc(c1OCCOC(=O)C(=C)C)Cc1cc(CCCCCCCCCCCCCCCCCC)cc(c1OCCO)Cc1cc(CCCCCCCCCCCCCCCCCC)cc(c1OCCO)C2. The minimum Gasteiger partial charge on any atom is -0.491 e. The van der Waals surface area contributed by atoms with Gasteiger partial charge in [-0.2, -0.15) is 0 Å². The molecule has 0 saturated heterocycles. The van der Waals surface area contributed by atoms with E-state index in [1.807, 2.05) is 0 Å². The predicted molar refractivity (Wildman–Crippen MR) is 538 cm³/mol. The number of rotatable bonds is 84. The molecule has 4 aromatic rings. The summed E-state index contributed by atoms with van der Waals surface area (Å²) >= 11 is 0. The number of carbonyl (C=O) groups is 2. The second kappa shape index (κ2) is 76.0.